The SMILES string of the molecule is CCCCCC/C=C\CCCCCCCC(=O)OC[C@H](CO)OC(=O)CCCCCCCCCCCCCCCCCCCCCCC. The third-order valence-electron chi connectivity index (χ3n) is 9.56. The second-order valence-electron chi connectivity index (χ2n) is 14.4. The molecule has 5 nitrogen and oxygen atoms in total. The molecule has 1 N–H and O–H groups in total. The fourth-order valence-corrected chi connectivity index (χ4v) is 6.31. The number of allylic oxidation sites excluding steroid dienone is 2. The Kier molecular flexibility index (Phi) is 38.9. The third-order valence-corrected chi connectivity index (χ3v) is 9.56. The highest BCUT2D eigenvalue weighted by Gasteiger charge is 2.16. The number of carbonyl (C=O) groups excluding carboxylic acids is 2. The summed E-state index contributed by atoms with van der Waals surface area (Å²) < 4.78 is 10.6. The topological polar surface area (TPSA) is 72.8 Å². The maximum absolute atomic E-state index is 12.2. The van der Waals surface area contributed by atoms with E-state index in [1.165, 1.54) is 161 Å². The molecule has 284 valence electrons. The van der Waals surface area contributed by atoms with Gasteiger partial charge in [0.15, 0.2) is 6.10 Å². The van der Waals surface area contributed by atoms with Crippen LogP contribution in [-0.4, -0.2) is 36.4 Å². The third kappa shape index (κ3) is 37.5. The van der Waals surface area contributed by atoms with E-state index >= 15 is 0 Å². The van der Waals surface area contributed by atoms with Crippen LogP contribution in [0.2, 0.25) is 0 Å². The summed E-state index contributed by atoms with van der Waals surface area (Å²) in [4.78, 5) is 24.3. The van der Waals surface area contributed by atoms with Crippen molar-refractivity contribution in [2.45, 2.75) is 238 Å². The van der Waals surface area contributed by atoms with Crippen molar-refractivity contribution in [2.24, 2.45) is 0 Å². The highest BCUT2D eigenvalue weighted by molar-refractivity contribution is 5.70. The molecule has 0 aliphatic carbocycles. The van der Waals surface area contributed by atoms with E-state index in [0.29, 0.717) is 12.8 Å². The van der Waals surface area contributed by atoms with Gasteiger partial charge in [-0.05, 0) is 38.5 Å². The fourth-order valence-electron chi connectivity index (χ4n) is 6.31. The first-order chi connectivity index (χ1) is 23.6. The Morgan fingerprint density at radius 1 is 0.458 bits per heavy atom. The molecular weight excluding hydrogens is 596 g/mol. The highest BCUT2D eigenvalue weighted by Crippen LogP contribution is 2.16. The Balaban J connectivity index is 3.47. The predicted octanol–water partition coefficient (Wildman–Crippen LogP) is 13.3. The van der Waals surface area contributed by atoms with Gasteiger partial charge in [0.25, 0.3) is 0 Å². The molecule has 0 spiro atoms. The van der Waals surface area contributed by atoms with Crippen molar-refractivity contribution in [3.8, 4) is 0 Å². The number of unbranched alkanes of at least 4 members (excludes halogenated alkanes) is 29. The molecule has 0 aromatic rings. The van der Waals surface area contributed by atoms with Crippen LogP contribution < -0.4 is 0 Å². The monoisotopic (exact) mass is 679 g/mol. The van der Waals surface area contributed by atoms with Crippen molar-refractivity contribution < 1.29 is 24.2 Å². The van der Waals surface area contributed by atoms with Crippen LogP contribution in [0.5, 0.6) is 0 Å². The maximum atomic E-state index is 12.2. The molecule has 0 bridgehead atoms. The lowest BCUT2D eigenvalue weighted by atomic mass is 10.0. The number of hydrogen-bond acceptors (Lipinski definition) is 5. The number of rotatable bonds is 39. The molecule has 0 saturated heterocycles. The molecule has 0 heterocycles. The van der Waals surface area contributed by atoms with Gasteiger partial charge in [0.05, 0.1) is 6.61 Å². The van der Waals surface area contributed by atoms with Crippen LogP contribution in [0.3, 0.4) is 0 Å². The number of aliphatic hydroxyl groups excluding tert-OH is 1. The van der Waals surface area contributed by atoms with Gasteiger partial charge >= 0.3 is 11.9 Å². The Labute approximate surface area is 299 Å². The summed E-state index contributed by atoms with van der Waals surface area (Å²) in [5, 5.41) is 9.56. The molecule has 0 fully saturated rings. The summed E-state index contributed by atoms with van der Waals surface area (Å²) in [6, 6.07) is 0. The van der Waals surface area contributed by atoms with Gasteiger partial charge in [-0.1, -0.05) is 193 Å². The van der Waals surface area contributed by atoms with E-state index in [0.717, 1.165) is 44.9 Å². The van der Waals surface area contributed by atoms with Gasteiger partial charge in [-0.3, -0.25) is 9.59 Å². The minimum absolute atomic E-state index is 0.0643. The van der Waals surface area contributed by atoms with E-state index in [4.69, 9.17) is 9.47 Å². The van der Waals surface area contributed by atoms with E-state index in [1.54, 1.807) is 0 Å². The van der Waals surface area contributed by atoms with E-state index in [1.807, 2.05) is 0 Å². The maximum Gasteiger partial charge on any atom is 0.306 e. The summed E-state index contributed by atoms with van der Waals surface area (Å²) >= 11 is 0. The zero-order chi connectivity index (χ0) is 35.0. The molecule has 5 heteroatoms. The molecule has 1 atom stereocenters. The molecule has 48 heavy (non-hydrogen) atoms. The van der Waals surface area contributed by atoms with Crippen LogP contribution in [0.15, 0.2) is 12.2 Å². The van der Waals surface area contributed by atoms with Crippen molar-refractivity contribution in [3.05, 3.63) is 12.2 Å². The van der Waals surface area contributed by atoms with Gasteiger partial charge in [-0.2, -0.15) is 0 Å². The Morgan fingerprint density at radius 2 is 0.771 bits per heavy atom. The number of esters is 2. The largest absolute Gasteiger partial charge is 0.462 e. The minimum Gasteiger partial charge on any atom is -0.462 e. The quantitative estimate of drug-likeness (QED) is 0.0398. The fraction of sp³-hybridized carbons (Fsp3) is 0.907. The average Bonchev–Trinajstić information content (AvgIpc) is 3.09. The van der Waals surface area contributed by atoms with Crippen LogP contribution in [0.1, 0.15) is 232 Å². The first kappa shape index (κ1) is 46.6. The minimum atomic E-state index is -0.768. The number of carbonyl (C=O) groups is 2. The van der Waals surface area contributed by atoms with E-state index < -0.39 is 6.10 Å². The van der Waals surface area contributed by atoms with Crippen molar-refractivity contribution in [1.29, 1.82) is 0 Å². The molecule has 0 radical (unpaired) electrons. The lowest BCUT2D eigenvalue weighted by molar-refractivity contribution is -0.161. The molecule has 0 amide bonds. The number of aliphatic hydroxyl groups is 1. The summed E-state index contributed by atoms with van der Waals surface area (Å²) in [7, 11) is 0. The summed E-state index contributed by atoms with van der Waals surface area (Å²) in [5.74, 6) is -0.589. The van der Waals surface area contributed by atoms with E-state index in [2.05, 4.69) is 26.0 Å². The lowest BCUT2D eigenvalue weighted by Gasteiger charge is -2.15. The van der Waals surface area contributed by atoms with Gasteiger partial charge in [0, 0.05) is 12.8 Å². The average molecular weight is 679 g/mol. The predicted molar refractivity (Wildman–Crippen MR) is 205 cm³/mol. The van der Waals surface area contributed by atoms with Gasteiger partial charge in [-0.15, -0.1) is 0 Å². The first-order valence-electron chi connectivity index (χ1n) is 21.2. The Morgan fingerprint density at radius 3 is 1.15 bits per heavy atom. The molecule has 0 saturated carbocycles. The van der Waals surface area contributed by atoms with Gasteiger partial charge in [-0.25, -0.2) is 0 Å². The van der Waals surface area contributed by atoms with Crippen LogP contribution in [0.25, 0.3) is 0 Å². The number of ether oxygens (including phenoxy) is 2. The molecule has 0 aromatic carbocycles. The van der Waals surface area contributed by atoms with Crippen LogP contribution in [-0.2, 0) is 19.1 Å². The van der Waals surface area contributed by atoms with Crippen molar-refractivity contribution in [3.63, 3.8) is 0 Å². The second-order valence-corrected chi connectivity index (χ2v) is 14.4. The van der Waals surface area contributed by atoms with E-state index in [9.17, 15) is 14.7 Å². The van der Waals surface area contributed by atoms with Gasteiger partial charge in [0.2, 0.25) is 0 Å². The molecular formula is C43H82O5. The second kappa shape index (κ2) is 40.1. The van der Waals surface area contributed by atoms with Crippen LogP contribution in [0.4, 0.5) is 0 Å². The molecule has 0 unspecified atom stereocenters. The Hall–Kier alpha value is -1.36. The van der Waals surface area contributed by atoms with Crippen LogP contribution in [0, 0.1) is 0 Å². The summed E-state index contributed by atoms with van der Waals surface area (Å²) in [6.07, 6.45) is 45.7. The molecule has 0 rings (SSSR count). The molecule has 0 aromatic heterocycles. The summed E-state index contributed by atoms with van der Waals surface area (Å²) in [5.41, 5.74) is 0. The van der Waals surface area contributed by atoms with Crippen LogP contribution >= 0.6 is 0 Å². The zero-order valence-corrected chi connectivity index (χ0v) is 32.3. The zero-order valence-electron chi connectivity index (χ0n) is 32.3. The van der Waals surface area contributed by atoms with Crippen molar-refractivity contribution >= 4 is 11.9 Å². The standard InChI is InChI=1S/C43H82O5/c1-3-5-7-9-11-13-15-17-18-19-20-21-22-23-24-26-28-30-32-34-36-38-43(46)48-41(39-44)40-47-42(45)37-35-33-31-29-27-25-16-14-12-10-8-6-4-2/h14,16,41,44H,3-13,15,17-40H2,1-2H3/b16-14-/t41-/m0/s1. The summed E-state index contributed by atoms with van der Waals surface area (Å²) in [6.45, 7) is 4.14. The van der Waals surface area contributed by atoms with Crippen molar-refractivity contribution in [1.82, 2.24) is 0 Å². The smallest absolute Gasteiger partial charge is 0.306 e. The van der Waals surface area contributed by atoms with Crippen molar-refractivity contribution in [2.75, 3.05) is 13.2 Å². The number of hydrogen-bond donors (Lipinski definition) is 1. The molecule has 0 aliphatic rings. The molecule has 0 aliphatic heterocycles. The highest BCUT2D eigenvalue weighted by atomic mass is 16.6. The Bertz CT molecular complexity index is 691. The van der Waals surface area contributed by atoms with Gasteiger partial charge in [0.1, 0.15) is 6.61 Å². The normalized spacial score (nSPS) is 12.1. The first-order valence-corrected chi connectivity index (χ1v) is 21.2. The lowest BCUT2D eigenvalue weighted by Crippen LogP contribution is -2.28. The van der Waals surface area contributed by atoms with E-state index in [-0.39, 0.29) is 25.2 Å². The van der Waals surface area contributed by atoms with Gasteiger partial charge < -0.3 is 14.6 Å².